The van der Waals surface area contributed by atoms with Gasteiger partial charge in [-0.05, 0) is 30.2 Å². The second kappa shape index (κ2) is 9.73. The molecule has 0 spiro atoms. The zero-order valence-corrected chi connectivity index (χ0v) is 17.1. The minimum absolute atomic E-state index is 0.0542. The third-order valence-corrected chi connectivity index (χ3v) is 6.00. The Morgan fingerprint density at radius 3 is 2.78 bits per heavy atom. The van der Waals surface area contributed by atoms with E-state index < -0.39 is 0 Å². The van der Waals surface area contributed by atoms with Gasteiger partial charge in [-0.25, -0.2) is 0 Å². The lowest BCUT2D eigenvalue weighted by atomic mass is 10.1. The molecule has 8 heteroatoms. The summed E-state index contributed by atoms with van der Waals surface area (Å²) < 4.78 is 0.760. The van der Waals surface area contributed by atoms with Gasteiger partial charge in [0, 0.05) is 11.6 Å². The number of carbonyl (C=O) groups is 1. The van der Waals surface area contributed by atoms with Crippen LogP contribution < -0.4 is 10.6 Å². The molecular formula is C19H19ClN4OS2. The van der Waals surface area contributed by atoms with Crippen LogP contribution in [0.3, 0.4) is 0 Å². The van der Waals surface area contributed by atoms with Gasteiger partial charge in [0.05, 0.1) is 11.8 Å². The molecule has 1 amide bonds. The van der Waals surface area contributed by atoms with Gasteiger partial charge < -0.3 is 10.6 Å². The van der Waals surface area contributed by atoms with Crippen molar-refractivity contribution in [3.63, 3.8) is 0 Å². The molecular weight excluding hydrogens is 400 g/mol. The van der Waals surface area contributed by atoms with Gasteiger partial charge in [0.25, 0.3) is 0 Å². The number of hydrogen-bond donors (Lipinski definition) is 2. The van der Waals surface area contributed by atoms with Crippen molar-refractivity contribution in [2.75, 3.05) is 11.1 Å². The van der Waals surface area contributed by atoms with Crippen LogP contribution in [-0.2, 0) is 11.3 Å². The van der Waals surface area contributed by atoms with Crippen molar-refractivity contribution in [3.8, 4) is 0 Å². The molecule has 5 nitrogen and oxygen atoms in total. The summed E-state index contributed by atoms with van der Waals surface area (Å²) in [5, 5.41) is 15.9. The lowest BCUT2D eigenvalue weighted by Crippen LogP contribution is -2.28. The van der Waals surface area contributed by atoms with E-state index in [9.17, 15) is 4.79 Å². The first-order chi connectivity index (χ1) is 13.1. The maximum atomic E-state index is 12.2. The van der Waals surface area contributed by atoms with Crippen LogP contribution in [0.5, 0.6) is 0 Å². The third-order valence-electron chi connectivity index (χ3n) is 3.75. The van der Waals surface area contributed by atoms with Crippen molar-refractivity contribution in [1.29, 1.82) is 0 Å². The van der Waals surface area contributed by atoms with Gasteiger partial charge in [0.15, 0.2) is 4.34 Å². The molecule has 0 saturated carbocycles. The minimum Gasteiger partial charge on any atom is -0.356 e. The number of amides is 1. The molecule has 1 aromatic heterocycles. The number of anilines is 1. The van der Waals surface area contributed by atoms with Gasteiger partial charge in [-0.1, -0.05) is 77.2 Å². The fourth-order valence-electron chi connectivity index (χ4n) is 2.38. The first-order valence-electron chi connectivity index (χ1n) is 8.39. The van der Waals surface area contributed by atoms with E-state index in [4.69, 9.17) is 11.6 Å². The highest BCUT2D eigenvalue weighted by Gasteiger charge is 2.12. The highest BCUT2D eigenvalue weighted by atomic mass is 35.5. The molecule has 0 bridgehead atoms. The van der Waals surface area contributed by atoms with Crippen LogP contribution in [0, 0.1) is 0 Å². The molecule has 27 heavy (non-hydrogen) atoms. The normalized spacial score (nSPS) is 11.8. The maximum Gasteiger partial charge on any atom is 0.230 e. The van der Waals surface area contributed by atoms with Gasteiger partial charge in [-0.3, -0.25) is 4.79 Å². The average Bonchev–Trinajstić information content (AvgIpc) is 3.13. The molecule has 3 rings (SSSR count). The van der Waals surface area contributed by atoms with Gasteiger partial charge in [0.2, 0.25) is 11.0 Å². The molecule has 0 fully saturated rings. The molecule has 1 atom stereocenters. The van der Waals surface area contributed by atoms with Gasteiger partial charge >= 0.3 is 0 Å². The smallest absolute Gasteiger partial charge is 0.230 e. The van der Waals surface area contributed by atoms with E-state index in [0.717, 1.165) is 15.0 Å². The van der Waals surface area contributed by atoms with Crippen LogP contribution in [0.2, 0.25) is 5.02 Å². The summed E-state index contributed by atoms with van der Waals surface area (Å²) >= 11 is 8.82. The Kier molecular flexibility index (Phi) is 7.09. The van der Waals surface area contributed by atoms with E-state index in [1.54, 1.807) is 0 Å². The first-order valence-corrected chi connectivity index (χ1v) is 10.6. The Morgan fingerprint density at radius 2 is 2.00 bits per heavy atom. The number of halogens is 1. The predicted molar refractivity (Wildman–Crippen MR) is 112 cm³/mol. The Morgan fingerprint density at radius 1 is 1.19 bits per heavy atom. The van der Waals surface area contributed by atoms with Crippen LogP contribution in [-0.4, -0.2) is 21.9 Å². The Balaban J connectivity index is 1.44. The van der Waals surface area contributed by atoms with Crippen molar-refractivity contribution in [2.24, 2.45) is 0 Å². The summed E-state index contributed by atoms with van der Waals surface area (Å²) in [6, 6.07) is 17.5. The standard InChI is InChI=1S/C19H19ClN4OS2/c1-13(15-8-5-9-16(20)10-15)22-17(25)12-26-19-24-23-18(27-19)21-11-14-6-3-2-4-7-14/h2-10,13H,11-12H2,1H3,(H,21,23)(H,22,25)/t13-/m1/s1. The van der Waals surface area contributed by atoms with Crippen molar-refractivity contribution in [3.05, 3.63) is 70.7 Å². The summed E-state index contributed by atoms with van der Waals surface area (Å²) in [5.74, 6) is 0.236. The van der Waals surface area contributed by atoms with Crippen LogP contribution in [0.15, 0.2) is 58.9 Å². The Bertz CT molecular complexity index is 888. The molecule has 0 aliphatic rings. The zero-order valence-electron chi connectivity index (χ0n) is 14.7. The maximum absolute atomic E-state index is 12.2. The second-order valence-electron chi connectivity index (χ2n) is 5.85. The highest BCUT2D eigenvalue weighted by Crippen LogP contribution is 2.26. The van der Waals surface area contributed by atoms with E-state index >= 15 is 0 Å². The Hall–Kier alpha value is -2.09. The number of thioether (sulfide) groups is 1. The molecule has 2 aromatic carbocycles. The fourth-order valence-corrected chi connectivity index (χ4v) is 4.14. The van der Waals surface area contributed by atoms with Crippen LogP contribution in [0.25, 0.3) is 0 Å². The average molecular weight is 419 g/mol. The number of hydrogen-bond acceptors (Lipinski definition) is 6. The SMILES string of the molecule is C[C@@H](NC(=O)CSc1nnc(NCc2ccccc2)s1)c1cccc(Cl)c1. The number of benzene rings is 2. The van der Waals surface area contributed by atoms with Crippen LogP contribution in [0.4, 0.5) is 5.13 Å². The molecule has 0 radical (unpaired) electrons. The number of aromatic nitrogens is 2. The third kappa shape index (κ3) is 6.23. The molecule has 0 aliphatic carbocycles. The van der Waals surface area contributed by atoms with Crippen LogP contribution >= 0.6 is 34.7 Å². The van der Waals surface area contributed by atoms with Crippen molar-refractivity contribution in [1.82, 2.24) is 15.5 Å². The van der Waals surface area contributed by atoms with Crippen molar-refractivity contribution >= 4 is 45.7 Å². The van der Waals surface area contributed by atoms with E-state index in [1.807, 2.05) is 49.4 Å². The summed E-state index contributed by atoms with van der Waals surface area (Å²) in [6.45, 7) is 2.63. The quantitative estimate of drug-likeness (QED) is 0.515. The summed E-state index contributed by atoms with van der Waals surface area (Å²) in [7, 11) is 0. The van der Waals surface area contributed by atoms with E-state index in [1.165, 1.54) is 28.7 Å². The minimum atomic E-state index is -0.102. The Labute approximate surface area is 171 Å². The largest absolute Gasteiger partial charge is 0.356 e. The molecule has 140 valence electrons. The number of nitrogens with one attached hydrogen (secondary N) is 2. The number of rotatable bonds is 8. The number of nitrogens with zero attached hydrogens (tertiary/aromatic N) is 2. The lowest BCUT2D eigenvalue weighted by Gasteiger charge is -2.14. The highest BCUT2D eigenvalue weighted by molar-refractivity contribution is 8.01. The molecule has 0 aliphatic heterocycles. The van der Waals surface area contributed by atoms with E-state index in [0.29, 0.717) is 11.6 Å². The summed E-state index contributed by atoms with van der Waals surface area (Å²) in [5.41, 5.74) is 2.15. The molecule has 1 heterocycles. The molecule has 0 unspecified atom stereocenters. The molecule has 2 N–H and O–H groups in total. The van der Waals surface area contributed by atoms with E-state index in [2.05, 4.69) is 33.0 Å². The zero-order chi connectivity index (χ0) is 19.1. The van der Waals surface area contributed by atoms with Crippen molar-refractivity contribution < 1.29 is 4.79 Å². The predicted octanol–water partition coefficient (Wildman–Crippen LogP) is 4.77. The monoisotopic (exact) mass is 418 g/mol. The molecule has 3 aromatic rings. The lowest BCUT2D eigenvalue weighted by molar-refractivity contribution is -0.119. The summed E-state index contributed by atoms with van der Waals surface area (Å²) in [6.07, 6.45) is 0. The summed E-state index contributed by atoms with van der Waals surface area (Å²) in [4.78, 5) is 12.2. The van der Waals surface area contributed by atoms with Crippen molar-refractivity contribution in [2.45, 2.75) is 23.8 Å². The topological polar surface area (TPSA) is 66.9 Å². The van der Waals surface area contributed by atoms with E-state index in [-0.39, 0.29) is 17.7 Å². The van der Waals surface area contributed by atoms with Crippen LogP contribution in [0.1, 0.15) is 24.1 Å². The fraction of sp³-hybridized carbons (Fsp3) is 0.211. The van der Waals surface area contributed by atoms with Gasteiger partial charge in [0.1, 0.15) is 0 Å². The number of carbonyl (C=O) groups excluding carboxylic acids is 1. The molecule has 0 saturated heterocycles. The first kappa shape index (κ1) is 19.7. The second-order valence-corrected chi connectivity index (χ2v) is 8.48. The van der Waals surface area contributed by atoms with Gasteiger partial charge in [-0.15, -0.1) is 10.2 Å². The van der Waals surface area contributed by atoms with Gasteiger partial charge in [-0.2, -0.15) is 0 Å².